The molecule has 250 valence electrons. The summed E-state index contributed by atoms with van der Waals surface area (Å²) in [5.41, 5.74) is 2.95. The van der Waals surface area contributed by atoms with Crippen molar-refractivity contribution in [1.29, 1.82) is 0 Å². The first kappa shape index (κ1) is 32.0. The molecule has 0 radical (unpaired) electrons. The Morgan fingerprint density at radius 2 is 2.04 bits per heavy atom. The highest BCUT2D eigenvalue weighted by Crippen LogP contribution is 2.49. The molecular weight excluding hydrogens is 657 g/mol. The van der Waals surface area contributed by atoms with Gasteiger partial charge in [-0.25, -0.2) is 18.6 Å². The minimum Gasteiger partial charge on any atom is -0.471 e. The third-order valence-corrected chi connectivity index (χ3v) is 10.2. The molecular formula is C32H28F5N7O3S. The number of benzene rings is 1. The second-order valence-electron chi connectivity index (χ2n) is 12.2. The lowest BCUT2D eigenvalue weighted by atomic mass is 9.95. The Kier molecular flexibility index (Phi) is 7.86. The third-order valence-electron chi connectivity index (χ3n) is 9.22. The zero-order valence-electron chi connectivity index (χ0n) is 25.3. The molecule has 2 N–H and O–H groups in total. The zero-order chi connectivity index (χ0) is 34.0. The Balaban J connectivity index is 1.37. The summed E-state index contributed by atoms with van der Waals surface area (Å²) < 4.78 is 85.6. The minimum atomic E-state index is -5.01. The Hall–Kier alpha value is -4.62. The average Bonchev–Trinajstić information content (AvgIpc) is 3.81. The number of hydrogen-bond acceptors (Lipinski definition) is 9. The van der Waals surface area contributed by atoms with Crippen molar-refractivity contribution in [2.24, 2.45) is 0 Å². The number of thiophene rings is 1. The summed E-state index contributed by atoms with van der Waals surface area (Å²) in [6.45, 7) is 12.6. The summed E-state index contributed by atoms with van der Waals surface area (Å²) in [4.78, 5) is 31.8. The van der Waals surface area contributed by atoms with Gasteiger partial charge in [0.15, 0.2) is 11.2 Å². The molecule has 1 aromatic carbocycles. The number of ether oxygens (including phenoxy) is 2. The molecule has 16 heteroatoms. The number of anilines is 1. The first-order valence-corrected chi connectivity index (χ1v) is 16.0. The number of likely N-dealkylation sites (tertiary alicyclic amines) is 1. The van der Waals surface area contributed by atoms with Crippen LogP contribution in [-0.2, 0) is 11.0 Å². The van der Waals surface area contributed by atoms with Crippen molar-refractivity contribution in [2.45, 2.75) is 49.7 Å². The number of nitrogen functional groups attached to an aromatic ring is 1. The van der Waals surface area contributed by atoms with Gasteiger partial charge in [-0.1, -0.05) is 12.6 Å². The number of hydrogen-bond donors (Lipinski definition) is 1. The predicted molar refractivity (Wildman–Crippen MR) is 168 cm³/mol. The maximum absolute atomic E-state index is 14.8. The van der Waals surface area contributed by atoms with Gasteiger partial charge in [-0.05, 0) is 43.2 Å². The van der Waals surface area contributed by atoms with Crippen LogP contribution in [0.5, 0.6) is 11.9 Å². The van der Waals surface area contributed by atoms with Gasteiger partial charge in [-0.15, -0.1) is 11.3 Å². The van der Waals surface area contributed by atoms with E-state index in [0.717, 1.165) is 48.6 Å². The summed E-state index contributed by atoms with van der Waals surface area (Å²) in [5.74, 6) is -1.34. The molecule has 0 unspecified atom stereocenters. The maximum Gasteiger partial charge on any atom is 0.433 e. The molecule has 0 spiro atoms. The van der Waals surface area contributed by atoms with Crippen molar-refractivity contribution in [1.82, 2.24) is 24.8 Å². The first-order valence-electron chi connectivity index (χ1n) is 15.2. The Morgan fingerprint density at radius 3 is 2.79 bits per heavy atom. The van der Waals surface area contributed by atoms with Gasteiger partial charge < -0.3 is 20.1 Å². The number of pyridine rings is 1. The molecule has 0 saturated carbocycles. The van der Waals surface area contributed by atoms with Gasteiger partial charge in [0.1, 0.15) is 30.2 Å². The quantitative estimate of drug-likeness (QED) is 0.137. The Morgan fingerprint density at radius 1 is 1.23 bits per heavy atom. The lowest BCUT2D eigenvalue weighted by Gasteiger charge is -2.30. The molecule has 0 aliphatic carbocycles. The standard InChI is InChI=1S/C32H28F5N7O3S/c1-3-22(45)43-10-7-17(14-43)47-29-24-21(40-30(42-29)46-15-31-8-4-9-44(31)13-16(33)12-31)11-19(27(41-24)32(35,36)37)18-5-6-20(34)26-23(18)25(39-2)28(38)48-26/h3,5-6,11,16-17H,1,4,7-10,12-15,38H2/t16-,17-,31+/m1/s1. The maximum atomic E-state index is 14.8. The van der Waals surface area contributed by atoms with E-state index in [1.165, 1.54) is 4.90 Å². The monoisotopic (exact) mass is 685 g/mol. The van der Waals surface area contributed by atoms with Crippen LogP contribution >= 0.6 is 11.3 Å². The molecule has 10 nitrogen and oxygen atoms in total. The van der Waals surface area contributed by atoms with Crippen LogP contribution in [0.2, 0.25) is 0 Å². The van der Waals surface area contributed by atoms with E-state index < -0.39 is 41.1 Å². The van der Waals surface area contributed by atoms with E-state index >= 15 is 0 Å². The predicted octanol–water partition coefficient (Wildman–Crippen LogP) is 6.32. The number of amides is 1. The van der Waals surface area contributed by atoms with Crippen LogP contribution in [0.15, 0.2) is 30.9 Å². The molecule has 3 aliphatic heterocycles. The van der Waals surface area contributed by atoms with E-state index in [9.17, 15) is 26.7 Å². The smallest absolute Gasteiger partial charge is 0.433 e. The van der Waals surface area contributed by atoms with Gasteiger partial charge in [-0.2, -0.15) is 23.1 Å². The second-order valence-corrected chi connectivity index (χ2v) is 13.2. The van der Waals surface area contributed by atoms with Gasteiger partial charge in [0.05, 0.1) is 28.4 Å². The largest absolute Gasteiger partial charge is 0.471 e. The van der Waals surface area contributed by atoms with E-state index in [1.807, 2.05) is 4.90 Å². The third kappa shape index (κ3) is 5.44. The number of fused-ring (bicyclic) bond motifs is 3. The van der Waals surface area contributed by atoms with E-state index in [0.29, 0.717) is 19.4 Å². The summed E-state index contributed by atoms with van der Waals surface area (Å²) >= 11 is 0.765. The van der Waals surface area contributed by atoms with Crippen LogP contribution < -0.4 is 15.2 Å². The molecule has 3 fully saturated rings. The number of carbonyl (C=O) groups is 1. The molecule has 3 aromatic heterocycles. The lowest BCUT2D eigenvalue weighted by Crippen LogP contribution is -2.43. The number of carbonyl (C=O) groups excluding carboxylic acids is 1. The molecule has 4 aromatic rings. The van der Waals surface area contributed by atoms with E-state index in [-0.39, 0.29) is 81.3 Å². The van der Waals surface area contributed by atoms with Gasteiger partial charge in [0.25, 0.3) is 0 Å². The number of alkyl halides is 4. The lowest BCUT2D eigenvalue weighted by molar-refractivity contribution is -0.140. The number of nitrogens with zero attached hydrogens (tertiary/aromatic N) is 6. The molecule has 6 heterocycles. The Bertz CT molecular complexity index is 2010. The van der Waals surface area contributed by atoms with Crippen LogP contribution in [0.3, 0.4) is 0 Å². The average molecular weight is 686 g/mol. The van der Waals surface area contributed by atoms with Crippen LogP contribution in [0.1, 0.15) is 31.4 Å². The van der Waals surface area contributed by atoms with Gasteiger partial charge in [-0.3, -0.25) is 9.69 Å². The van der Waals surface area contributed by atoms with Gasteiger partial charge >= 0.3 is 12.2 Å². The second kappa shape index (κ2) is 11.8. The molecule has 0 bridgehead atoms. The fraction of sp³-hybridized carbons (Fsp3) is 0.406. The van der Waals surface area contributed by atoms with Gasteiger partial charge in [0, 0.05) is 36.9 Å². The topological polar surface area (TPSA) is 111 Å². The first-order chi connectivity index (χ1) is 22.9. The van der Waals surface area contributed by atoms with Crippen molar-refractivity contribution < 1.29 is 36.2 Å². The molecule has 3 saturated heterocycles. The summed E-state index contributed by atoms with van der Waals surface area (Å²) in [7, 11) is 0. The molecule has 48 heavy (non-hydrogen) atoms. The van der Waals surface area contributed by atoms with Crippen molar-refractivity contribution in [3.63, 3.8) is 0 Å². The number of nitrogens with two attached hydrogens (primary N) is 1. The van der Waals surface area contributed by atoms with Crippen molar-refractivity contribution >= 4 is 49.1 Å². The van der Waals surface area contributed by atoms with Crippen LogP contribution in [0.25, 0.3) is 37.1 Å². The molecule has 3 aliphatic rings. The van der Waals surface area contributed by atoms with Gasteiger partial charge in [0.2, 0.25) is 17.5 Å². The number of aromatic nitrogens is 3. The van der Waals surface area contributed by atoms with Crippen LogP contribution in [0, 0.1) is 12.4 Å². The fourth-order valence-electron chi connectivity index (χ4n) is 7.05. The normalized spacial score (nSPS) is 22.7. The zero-order valence-corrected chi connectivity index (χ0v) is 26.1. The van der Waals surface area contributed by atoms with E-state index in [4.69, 9.17) is 21.8 Å². The number of halogens is 5. The summed E-state index contributed by atoms with van der Waals surface area (Å²) in [5, 5.41) is -0.104. The van der Waals surface area contributed by atoms with Crippen molar-refractivity contribution in [3.8, 4) is 23.0 Å². The molecule has 1 amide bonds. The van der Waals surface area contributed by atoms with Crippen LogP contribution in [0.4, 0.5) is 32.6 Å². The summed E-state index contributed by atoms with van der Waals surface area (Å²) in [6, 6.07) is 3.09. The van der Waals surface area contributed by atoms with Crippen LogP contribution in [-0.4, -0.2) is 81.3 Å². The van der Waals surface area contributed by atoms with Crippen molar-refractivity contribution in [2.75, 3.05) is 38.5 Å². The van der Waals surface area contributed by atoms with E-state index in [2.05, 4.69) is 26.4 Å². The SMILES string of the molecule is [C-]#[N+]c1c(N)sc2c(F)ccc(-c3cc4nc(OC[C@@]56CCCN5C[C@H](F)C6)nc(O[C@@H]5CCN(C(=O)C=C)C5)c4nc3C(F)(F)F)c12. The minimum absolute atomic E-state index is 0.0364. The summed E-state index contributed by atoms with van der Waals surface area (Å²) in [6.07, 6.45) is -3.28. The highest BCUT2D eigenvalue weighted by molar-refractivity contribution is 7.23. The molecule has 3 atom stereocenters. The molecule has 7 rings (SSSR count). The highest BCUT2D eigenvalue weighted by Gasteiger charge is 2.49. The highest BCUT2D eigenvalue weighted by atomic mass is 32.1. The fourth-order valence-corrected chi connectivity index (χ4v) is 7.99. The van der Waals surface area contributed by atoms with E-state index in [1.54, 1.807) is 0 Å². The number of rotatable bonds is 7. The Labute approximate surface area is 274 Å². The van der Waals surface area contributed by atoms with Crippen molar-refractivity contribution in [3.05, 3.63) is 53.8 Å².